The van der Waals surface area contributed by atoms with Crippen LogP contribution in [-0.2, 0) is 5.88 Å². The summed E-state index contributed by atoms with van der Waals surface area (Å²) >= 11 is 5.81. The molecule has 0 bridgehead atoms. The monoisotopic (exact) mass is 216 g/mol. The third kappa shape index (κ3) is 1.87. The minimum Gasteiger partial charge on any atom is -0.496 e. The van der Waals surface area contributed by atoms with Crippen LogP contribution in [0.5, 0.6) is 17.2 Å². The maximum atomic E-state index is 5.81. The van der Waals surface area contributed by atoms with Crippen LogP contribution in [0.4, 0.5) is 0 Å². The van der Waals surface area contributed by atoms with Crippen molar-refractivity contribution in [3.63, 3.8) is 0 Å². The molecule has 1 aromatic carbocycles. The van der Waals surface area contributed by atoms with Gasteiger partial charge in [0, 0.05) is 0 Å². The van der Waals surface area contributed by atoms with Gasteiger partial charge in [0.2, 0.25) is 0 Å². The summed E-state index contributed by atoms with van der Waals surface area (Å²) in [6.45, 7) is 0. The topological polar surface area (TPSA) is 27.7 Å². The van der Waals surface area contributed by atoms with Gasteiger partial charge in [-0.1, -0.05) is 0 Å². The Morgan fingerprint density at radius 3 is 2.00 bits per heavy atom. The summed E-state index contributed by atoms with van der Waals surface area (Å²) in [5, 5.41) is 0. The molecule has 3 nitrogen and oxygen atoms in total. The number of benzene rings is 1. The summed E-state index contributed by atoms with van der Waals surface area (Å²) in [6.07, 6.45) is 0. The smallest absolute Gasteiger partial charge is 0.168 e. The summed E-state index contributed by atoms with van der Waals surface area (Å²) in [7, 11) is 4.76. The zero-order valence-corrected chi connectivity index (χ0v) is 9.22. The maximum Gasteiger partial charge on any atom is 0.168 e. The number of hydrogen-bond donors (Lipinski definition) is 0. The standard InChI is InChI=1S/C10H13ClO3/c1-12-8-4-5-9(13-2)10(14-3)7(8)6-11/h4-5H,6H2,1-3H3. The minimum atomic E-state index is 0.323. The van der Waals surface area contributed by atoms with Crippen LogP contribution in [0.1, 0.15) is 5.56 Å². The molecule has 0 N–H and O–H groups in total. The predicted molar refractivity (Wildman–Crippen MR) is 55.7 cm³/mol. The van der Waals surface area contributed by atoms with Crippen LogP contribution < -0.4 is 14.2 Å². The zero-order chi connectivity index (χ0) is 10.6. The summed E-state index contributed by atoms with van der Waals surface area (Å²) in [5.74, 6) is 2.31. The maximum absolute atomic E-state index is 5.81. The molecule has 0 fully saturated rings. The van der Waals surface area contributed by atoms with E-state index in [1.165, 1.54) is 0 Å². The van der Waals surface area contributed by atoms with Crippen molar-refractivity contribution in [3.8, 4) is 17.2 Å². The molecular formula is C10H13ClO3. The Bertz CT molecular complexity index is 281. The number of ether oxygens (including phenoxy) is 3. The van der Waals surface area contributed by atoms with Gasteiger partial charge in [0.1, 0.15) is 5.75 Å². The lowest BCUT2D eigenvalue weighted by molar-refractivity contribution is 0.345. The van der Waals surface area contributed by atoms with Crippen LogP contribution in [-0.4, -0.2) is 21.3 Å². The van der Waals surface area contributed by atoms with Crippen molar-refractivity contribution < 1.29 is 14.2 Å². The molecule has 0 aromatic heterocycles. The molecule has 1 rings (SSSR count). The predicted octanol–water partition coefficient (Wildman–Crippen LogP) is 2.45. The Morgan fingerprint density at radius 1 is 1.00 bits per heavy atom. The molecule has 0 saturated heterocycles. The van der Waals surface area contributed by atoms with E-state index < -0.39 is 0 Å². The fraction of sp³-hybridized carbons (Fsp3) is 0.400. The highest BCUT2D eigenvalue weighted by Crippen LogP contribution is 2.37. The Labute approximate surface area is 88.5 Å². The first-order valence-electron chi connectivity index (χ1n) is 4.12. The summed E-state index contributed by atoms with van der Waals surface area (Å²) in [4.78, 5) is 0. The van der Waals surface area contributed by atoms with Gasteiger partial charge in [-0.05, 0) is 12.1 Å². The number of rotatable bonds is 4. The molecule has 0 spiro atoms. The van der Waals surface area contributed by atoms with Crippen molar-refractivity contribution in [1.82, 2.24) is 0 Å². The molecule has 0 atom stereocenters. The van der Waals surface area contributed by atoms with E-state index in [0.717, 1.165) is 5.56 Å². The SMILES string of the molecule is COc1ccc(OC)c(OC)c1CCl. The van der Waals surface area contributed by atoms with E-state index in [2.05, 4.69) is 0 Å². The lowest BCUT2D eigenvalue weighted by atomic mass is 10.2. The van der Waals surface area contributed by atoms with Gasteiger partial charge in [0.25, 0.3) is 0 Å². The van der Waals surface area contributed by atoms with E-state index in [9.17, 15) is 0 Å². The van der Waals surface area contributed by atoms with E-state index in [-0.39, 0.29) is 0 Å². The number of alkyl halides is 1. The molecule has 0 unspecified atom stereocenters. The quantitative estimate of drug-likeness (QED) is 0.724. The molecule has 0 amide bonds. The summed E-state index contributed by atoms with van der Waals surface area (Å²) < 4.78 is 15.5. The lowest BCUT2D eigenvalue weighted by Gasteiger charge is -2.14. The van der Waals surface area contributed by atoms with Gasteiger partial charge in [-0.15, -0.1) is 11.6 Å². The zero-order valence-electron chi connectivity index (χ0n) is 8.46. The van der Waals surface area contributed by atoms with Crippen LogP contribution in [0.15, 0.2) is 12.1 Å². The largest absolute Gasteiger partial charge is 0.496 e. The molecule has 0 heterocycles. The molecule has 0 saturated carbocycles. The van der Waals surface area contributed by atoms with E-state index >= 15 is 0 Å². The van der Waals surface area contributed by atoms with Gasteiger partial charge in [-0.25, -0.2) is 0 Å². The van der Waals surface area contributed by atoms with Gasteiger partial charge < -0.3 is 14.2 Å². The van der Waals surface area contributed by atoms with E-state index in [0.29, 0.717) is 23.1 Å². The second-order valence-corrected chi connectivity index (χ2v) is 2.88. The van der Waals surface area contributed by atoms with Gasteiger partial charge in [0.05, 0.1) is 32.8 Å². The van der Waals surface area contributed by atoms with Crippen LogP contribution in [0.2, 0.25) is 0 Å². The average Bonchev–Trinajstić information content (AvgIpc) is 2.26. The first kappa shape index (κ1) is 11.0. The molecule has 0 aliphatic rings. The fourth-order valence-corrected chi connectivity index (χ4v) is 1.54. The second kappa shape index (κ2) is 4.96. The normalized spacial score (nSPS) is 9.71. The molecule has 14 heavy (non-hydrogen) atoms. The number of methoxy groups -OCH3 is 3. The lowest BCUT2D eigenvalue weighted by Crippen LogP contribution is -1.97. The van der Waals surface area contributed by atoms with E-state index in [1.807, 2.05) is 0 Å². The van der Waals surface area contributed by atoms with Gasteiger partial charge >= 0.3 is 0 Å². The molecule has 78 valence electrons. The Morgan fingerprint density at radius 2 is 1.57 bits per heavy atom. The molecule has 0 aliphatic carbocycles. The van der Waals surface area contributed by atoms with E-state index in [1.54, 1.807) is 33.5 Å². The first-order chi connectivity index (χ1) is 6.78. The molecule has 4 heteroatoms. The Hall–Kier alpha value is -1.09. The molecular weight excluding hydrogens is 204 g/mol. The Kier molecular flexibility index (Phi) is 3.89. The van der Waals surface area contributed by atoms with E-state index in [4.69, 9.17) is 25.8 Å². The van der Waals surface area contributed by atoms with Crippen molar-refractivity contribution in [2.45, 2.75) is 5.88 Å². The van der Waals surface area contributed by atoms with Crippen LogP contribution in [0.3, 0.4) is 0 Å². The van der Waals surface area contributed by atoms with Gasteiger partial charge in [-0.3, -0.25) is 0 Å². The minimum absolute atomic E-state index is 0.323. The number of halogens is 1. The summed E-state index contributed by atoms with van der Waals surface area (Å²) in [5.41, 5.74) is 0.802. The molecule has 1 aromatic rings. The third-order valence-electron chi connectivity index (χ3n) is 1.96. The van der Waals surface area contributed by atoms with Crippen LogP contribution >= 0.6 is 11.6 Å². The van der Waals surface area contributed by atoms with Crippen LogP contribution in [0.25, 0.3) is 0 Å². The van der Waals surface area contributed by atoms with Gasteiger partial charge in [-0.2, -0.15) is 0 Å². The van der Waals surface area contributed by atoms with Gasteiger partial charge in [0.15, 0.2) is 11.5 Å². The molecule has 0 aliphatic heterocycles. The van der Waals surface area contributed by atoms with Crippen molar-refractivity contribution in [1.29, 1.82) is 0 Å². The Balaban J connectivity index is 3.28. The van der Waals surface area contributed by atoms with Crippen molar-refractivity contribution in [2.75, 3.05) is 21.3 Å². The third-order valence-corrected chi connectivity index (χ3v) is 2.23. The van der Waals surface area contributed by atoms with Crippen molar-refractivity contribution in [2.24, 2.45) is 0 Å². The first-order valence-corrected chi connectivity index (χ1v) is 4.65. The highest BCUT2D eigenvalue weighted by molar-refractivity contribution is 6.17. The highest BCUT2D eigenvalue weighted by Gasteiger charge is 2.14. The molecule has 0 radical (unpaired) electrons. The fourth-order valence-electron chi connectivity index (χ4n) is 1.29. The summed E-state index contributed by atoms with van der Waals surface area (Å²) in [6, 6.07) is 3.59. The average molecular weight is 217 g/mol. The number of hydrogen-bond acceptors (Lipinski definition) is 3. The van der Waals surface area contributed by atoms with Crippen molar-refractivity contribution in [3.05, 3.63) is 17.7 Å². The van der Waals surface area contributed by atoms with Crippen molar-refractivity contribution >= 4 is 11.6 Å². The highest BCUT2D eigenvalue weighted by atomic mass is 35.5. The second-order valence-electron chi connectivity index (χ2n) is 2.62. The van der Waals surface area contributed by atoms with Crippen LogP contribution in [0, 0.1) is 0 Å².